The number of hydrogen-bond donors (Lipinski definition) is 7. The summed E-state index contributed by atoms with van der Waals surface area (Å²) in [4.78, 5) is 0. The van der Waals surface area contributed by atoms with Crippen molar-refractivity contribution in [1.82, 2.24) is 10.6 Å². The molecule has 0 aliphatic heterocycles. The highest BCUT2D eigenvalue weighted by Crippen LogP contribution is 2.00. The van der Waals surface area contributed by atoms with Crippen LogP contribution in [0.4, 0.5) is 0 Å². The molecule has 0 aromatic rings. The lowest BCUT2D eigenvalue weighted by atomic mass is 10.2. The fourth-order valence-electron chi connectivity index (χ4n) is 1.80. The van der Waals surface area contributed by atoms with Crippen LogP contribution in [0, 0.1) is 0 Å². The fourth-order valence-corrected chi connectivity index (χ4v) is 2.05. The molecule has 0 spiro atoms. The highest BCUT2D eigenvalue weighted by atomic mass is 32.1. The van der Waals surface area contributed by atoms with Crippen molar-refractivity contribution >= 4 is 12.6 Å². The van der Waals surface area contributed by atoms with Gasteiger partial charge in [-0.2, -0.15) is 12.6 Å². The van der Waals surface area contributed by atoms with Crippen LogP contribution in [0.3, 0.4) is 0 Å². The van der Waals surface area contributed by atoms with E-state index in [1.165, 1.54) is 0 Å². The zero-order chi connectivity index (χ0) is 15.2. The fraction of sp³-hybridized carbons (Fsp3) is 1.00. The number of unbranched alkanes of at least 4 members (excludes halogenated alkanes) is 2. The van der Waals surface area contributed by atoms with E-state index in [0.29, 0.717) is 25.0 Å². The molecule has 0 rings (SSSR count). The minimum Gasteiger partial charge on any atom is -0.379 e. The molecule has 0 amide bonds. The van der Waals surface area contributed by atoms with E-state index in [9.17, 15) is 10.2 Å². The van der Waals surface area contributed by atoms with Crippen molar-refractivity contribution in [3.63, 3.8) is 0 Å². The molecule has 0 aliphatic rings. The molecule has 7 N–H and O–H groups in total. The van der Waals surface area contributed by atoms with Crippen molar-refractivity contribution in [2.45, 2.75) is 63.6 Å². The number of aliphatic hydroxyl groups is 3. The summed E-state index contributed by atoms with van der Waals surface area (Å²) < 4.78 is 0. The molecule has 6 nitrogen and oxygen atoms in total. The summed E-state index contributed by atoms with van der Waals surface area (Å²) in [6, 6.07) is 0. The molecular formula is C13H31N3O3S. The molecule has 0 radical (unpaired) electrons. The van der Waals surface area contributed by atoms with E-state index in [1.807, 2.05) is 0 Å². The van der Waals surface area contributed by atoms with Gasteiger partial charge in [0.25, 0.3) is 0 Å². The number of hydrogen-bond acceptors (Lipinski definition) is 7. The Morgan fingerprint density at radius 2 is 1.30 bits per heavy atom. The average molecular weight is 309 g/mol. The quantitative estimate of drug-likeness (QED) is 0.135. The molecule has 0 unspecified atom stereocenters. The van der Waals surface area contributed by atoms with Gasteiger partial charge in [-0.25, -0.2) is 0 Å². The Labute approximate surface area is 127 Å². The minimum atomic E-state index is -0.731. The van der Waals surface area contributed by atoms with Gasteiger partial charge in [-0.05, 0) is 63.8 Å². The molecule has 0 saturated carbocycles. The van der Waals surface area contributed by atoms with Gasteiger partial charge in [0, 0.05) is 0 Å². The van der Waals surface area contributed by atoms with Crippen molar-refractivity contribution in [3.8, 4) is 0 Å². The van der Waals surface area contributed by atoms with E-state index in [-0.39, 0.29) is 0 Å². The topological polar surface area (TPSA) is 111 Å². The predicted octanol–water partition coefficient (Wildman–Crippen LogP) is -0.260. The molecule has 122 valence electrons. The van der Waals surface area contributed by atoms with E-state index >= 15 is 0 Å². The molecule has 0 aromatic heterocycles. The van der Waals surface area contributed by atoms with Crippen LogP contribution in [0.2, 0.25) is 0 Å². The Hall–Kier alpha value is 0.110. The van der Waals surface area contributed by atoms with E-state index < -0.39 is 18.7 Å². The second-order valence-corrected chi connectivity index (χ2v) is 5.46. The Morgan fingerprint density at radius 3 is 1.80 bits per heavy atom. The summed E-state index contributed by atoms with van der Waals surface area (Å²) in [6.45, 7) is 1.48. The maximum Gasteiger partial charge on any atom is 0.105 e. The van der Waals surface area contributed by atoms with E-state index in [2.05, 4.69) is 23.3 Å². The molecule has 0 fully saturated rings. The van der Waals surface area contributed by atoms with E-state index in [4.69, 9.17) is 10.8 Å². The van der Waals surface area contributed by atoms with Crippen LogP contribution in [0.15, 0.2) is 0 Å². The van der Waals surface area contributed by atoms with Crippen LogP contribution >= 0.6 is 12.6 Å². The number of nitrogens with two attached hydrogens (primary N) is 1. The van der Waals surface area contributed by atoms with Crippen LogP contribution in [0.5, 0.6) is 0 Å². The second-order valence-electron chi connectivity index (χ2n) is 5.01. The summed E-state index contributed by atoms with van der Waals surface area (Å²) >= 11 is 4.05. The maximum atomic E-state index is 9.69. The molecule has 0 saturated heterocycles. The van der Waals surface area contributed by atoms with Crippen molar-refractivity contribution in [2.75, 3.05) is 18.8 Å². The Morgan fingerprint density at radius 1 is 0.800 bits per heavy atom. The lowest BCUT2D eigenvalue weighted by Crippen LogP contribution is -2.31. The summed E-state index contributed by atoms with van der Waals surface area (Å²) in [5, 5.41) is 34.0. The first-order valence-corrected chi connectivity index (χ1v) is 8.07. The van der Waals surface area contributed by atoms with Gasteiger partial charge >= 0.3 is 0 Å². The standard InChI is InChI=1S/C13H31N3O3S/c14-11(17)5-1-3-8-15-12(18)6-2-4-9-16-13(19)7-10-20/h11-13,15-20H,1-10,14H2/t11-,12-,13-/m0/s1. The Kier molecular flexibility index (Phi) is 14.1. The first-order chi connectivity index (χ1) is 9.56. The third-order valence-corrected chi connectivity index (χ3v) is 3.25. The van der Waals surface area contributed by atoms with Crippen LogP contribution in [0.25, 0.3) is 0 Å². The average Bonchev–Trinajstić information content (AvgIpc) is 2.38. The summed E-state index contributed by atoms with van der Waals surface area (Å²) in [5.74, 6) is 0.665. The van der Waals surface area contributed by atoms with Crippen LogP contribution < -0.4 is 16.4 Å². The van der Waals surface area contributed by atoms with Gasteiger partial charge in [0.05, 0.1) is 0 Å². The predicted molar refractivity (Wildman–Crippen MR) is 84.4 cm³/mol. The van der Waals surface area contributed by atoms with Gasteiger partial charge < -0.3 is 21.1 Å². The van der Waals surface area contributed by atoms with Gasteiger partial charge in [0.1, 0.15) is 18.7 Å². The largest absolute Gasteiger partial charge is 0.379 e. The number of thiol groups is 1. The lowest BCUT2D eigenvalue weighted by molar-refractivity contribution is 0.119. The Balaban J connectivity index is 3.26. The first kappa shape index (κ1) is 20.1. The molecule has 7 heteroatoms. The molecular weight excluding hydrogens is 278 g/mol. The van der Waals surface area contributed by atoms with Gasteiger partial charge in [-0.3, -0.25) is 10.6 Å². The molecule has 0 aromatic carbocycles. The zero-order valence-corrected chi connectivity index (χ0v) is 13.1. The Bertz CT molecular complexity index is 211. The van der Waals surface area contributed by atoms with Crippen LogP contribution in [0.1, 0.15) is 44.9 Å². The third-order valence-electron chi connectivity index (χ3n) is 2.99. The SMILES string of the molecule is N[C@@H](O)CCCCN[C@@H](O)CCCCN[C@@H](O)CCS. The van der Waals surface area contributed by atoms with Crippen molar-refractivity contribution < 1.29 is 15.3 Å². The van der Waals surface area contributed by atoms with E-state index in [0.717, 1.165) is 38.8 Å². The smallest absolute Gasteiger partial charge is 0.105 e. The molecule has 3 atom stereocenters. The zero-order valence-electron chi connectivity index (χ0n) is 12.2. The third kappa shape index (κ3) is 14.5. The molecule has 20 heavy (non-hydrogen) atoms. The number of nitrogens with one attached hydrogen (secondary N) is 2. The van der Waals surface area contributed by atoms with Gasteiger partial charge in [-0.1, -0.05) is 0 Å². The van der Waals surface area contributed by atoms with Gasteiger partial charge in [0.2, 0.25) is 0 Å². The number of aliphatic hydroxyl groups excluding tert-OH is 3. The molecule has 0 bridgehead atoms. The first-order valence-electron chi connectivity index (χ1n) is 7.43. The van der Waals surface area contributed by atoms with Crippen molar-refractivity contribution in [2.24, 2.45) is 5.73 Å². The summed E-state index contributed by atoms with van der Waals surface area (Å²) in [5.41, 5.74) is 5.23. The van der Waals surface area contributed by atoms with Crippen molar-refractivity contribution in [1.29, 1.82) is 0 Å². The van der Waals surface area contributed by atoms with Crippen LogP contribution in [-0.4, -0.2) is 52.8 Å². The molecule has 0 heterocycles. The minimum absolute atomic E-state index is 0.478. The normalized spacial score (nSPS) is 16.1. The monoisotopic (exact) mass is 309 g/mol. The van der Waals surface area contributed by atoms with Gasteiger partial charge in [-0.15, -0.1) is 0 Å². The van der Waals surface area contributed by atoms with Crippen LogP contribution in [-0.2, 0) is 0 Å². The molecule has 0 aliphatic carbocycles. The highest BCUT2D eigenvalue weighted by Gasteiger charge is 2.04. The summed E-state index contributed by atoms with van der Waals surface area (Å²) in [7, 11) is 0. The lowest BCUT2D eigenvalue weighted by Gasteiger charge is -2.14. The maximum absolute atomic E-state index is 9.69. The van der Waals surface area contributed by atoms with Gasteiger partial charge in [0.15, 0.2) is 0 Å². The summed E-state index contributed by atoms with van der Waals surface area (Å²) in [6.07, 6.45) is 3.80. The highest BCUT2D eigenvalue weighted by molar-refractivity contribution is 7.80. The second kappa shape index (κ2) is 14.1. The number of rotatable bonds is 14. The van der Waals surface area contributed by atoms with E-state index in [1.54, 1.807) is 0 Å². The van der Waals surface area contributed by atoms with Crippen molar-refractivity contribution in [3.05, 3.63) is 0 Å².